The Morgan fingerprint density at radius 2 is 1.66 bits per heavy atom. The first kappa shape index (κ1) is 22.3. The van der Waals surface area contributed by atoms with Gasteiger partial charge in [-0.05, 0) is 70.4 Å². The smallest absolute Gasteiger partial charge is 0.291 e. The van der Waals surface area contributed by atoms with Gasteiger partial charge in [-0.25, -0.2) is 0 Å². The normalized spacial score (nSPS) is 14.2. The van der Waals surface area contributed by atoms with E-state index < -0.39 is 0 Å². The van der Waals surface area contributed by atoms with Crippen LogP contribution in [-0.4, -0.2) is 49.6 Å². The second kappa shape index (κ2) is 10.6. The van der Waals surface area contributed by atoms with Gasteiger partial charge in [0.15, 0.2) is 10.4 Å². The number of nitrogens with zero attached hydrogens (tertiary/aromatic N) is 1. The summed E-state index contributed by atoms with van der Waals surface area (Å²) >= 11 is 3.17. The van der Waals surface area contributed by atoms with Crippen molar-refractivity contribution < 1.29 is 18.7 Å². The number of ether oxygens (including phenoxy) is 1. The number of hydrogen-bond donors (Lipinski definition) is 2. The maximum atomic E-state index is 12.7. The third-order valence-electron chi connectivity index (χ3n) is 5.21. The standard InChI is InChI=1S/C24H24BrN3O4/c25-22-9-8-21(32-22)24(30)27-20-3-1-2-18(16-20)23(29)26-19-6-4-17(5-7-19)10-11-28-12-14-31-15-13-28/h1-9,16H,10-15H2,(H,26,29)(H,27,30). The van der Waals surface area contributed by atoms with E-state index in [2.05, 4.69) is 31.5 Å². The molecule has 3 aromatic rings. The van der Waals surface area contributed by atoms with Gasteiger partial charge < -0.3 is 19.8 Å². The lowest BCUT2D eigenvalue weighted by Crippen LogP contribution is -2.37. The maximum absolute atomic E-state index is 12.7. The van der Waals surface area contributed by atoms with Gasteiger partial charge in [0.25, 0.3) is 11.8 Å². The van der Waals surface area contributed by atoms with Crippen molar-refractivity contribution in [3.8, 4) is 0 Å². The van der Waals surface area contributed by atoms with Crippen LogP contribution in [0.3, 0.4) is 0 Å². The molecule has 1 aromatic heterocycles. The SMILES string of the molecule is O=C(Nc1ccc(CCN2CCOCC2)cc1)c1cccc(NC(=O)c2ccc(Br)o2)c1. The van der Waals surface area contributed by atoms with E-state index in [4.69, 9.17) is 9.15 Å². The molecule has 0 spiro atoms. The lowest BCUT2D eigenvalue weighted by molar-refractivity contribution is 0.0384. The molecule has 166 valence electrons. The van der Waals surface area contributed by atoms with E-state index in [-0.39, 0.29) is 17.6 Å². The Hall–Kier alpha value is -2.94. The van der Waals surface area contributed by atoms with Crippen molar-refractivity contribution in [2.24, 2.45) is 0 Å². The molecular formula is C24H24BrN3O4. The van der Waals surface area contributed by atoms with Crippen LogP contribution >= 0.6 is 15.9 Å². The molecular weight excluding hydrogens is 474 g/mol. The molecule has 0 unspecified atom stereocenters. The molecule has 2 aromatic carbocycles. The number of halogens is 1. The van der Waals surface area contributed by atoms with Gasteiger partial charge in [-0.3, -0.25) is 14.5 Å². The number of amides is 2. The molecule has 32 heavy (non-hydrogen) atoms. The first-order valence-corrected chi connectivity index (χ1v) is 11.2. The highest BCUT2D eigenvalue weighted by atomic mass is 79.9. The summed E-state index contributed by atoms with van der Waals surface area (Å²) in [6.07, 6.45) is 0.961. The van der Waals surface area contributed by atoms with E-state index in [9.17, 15) is 9.59 Å². The number of rotatable bonds is 7. The van der Waals surface area contributed by atoms with Gasteiger partial charge in [-0.1, -0.05) is 18.2 Å². The number of furan rings is 1. The Balaban J connectivity index is 1.32. The highest BCUT2D eigenvalue weighted by Gasteiger charge is 2.13. The summed E-state index contributed by atoms with van der Waals surface area (Å²) in [6.45, 7) is 4.56. The lowest BCUT2D eigenvalue weighted by atomic mass is 10.1. The second-order valence-electron chi connectivity index (χ2n) is 7.49. The zero-order chi connectivity index (χ0) is 22.3. The van der Waals surface area contributed by atoms with Crippen LogP contribution in [0.5, 0.6) is 0 Å². The van der Waals surface area contributed by atoms with E-state index >= 15 is 0 Å². The summed E-state index contributed by atoms with van der Waals surface area (Å²) in [5.74, 6) is -0.454. The fraction of sp³-hybridized carbons (Fsp3) is 0.250. The van der Waals surface area contributed by atoms with Gasteiger partial charge in [0.1, 0.15) is 0 Å². The Kier molecular flexibility index (Phi) is 7.36. The van der Waals surface area contributed by atoms with Gasteiger partial charge >= 0.3 is 0 Å². The van der Waals surface area contributed by atoms with Gasteiger partial charge in [-0.2, -0.15) is 0 Å². The van der Waals surface area contributed by atoms with Crippen molar-refractivity contribution in [3.63, 3.8) is 0 Å². The number of morpholine rings is 1. The van der Waals surface area contributed by atoms with E-state index in [0.717, 1.165) is 45.0 Å². The molecule has 0 atom stereocenters. The van der Waals surface area contributed by atoms with Crippen LogP contribution in [0.1, 0.15) is 26.5 Å². The zero-order valence-electron chi connectivity index (χ0n) is 17.5. The summed E-state index contributed by atoms with van der Waals surface area (Å²) in [4.78, 5) is 27.3. The Labute approximate surface area is 194 Å². The molecule has 0 bridgehead atoms. The van der Waals surface area contributed by atoms with Crippen LogP contribution in [-0.2, 0) is 11.2 Å². The summed E-state index contributed by atoms with van der Waals surface area (Å²) in [5, 5.41) is 5.64. The molecule has 0 saturated carbocycles. The van der Waals surface area contributed by atoms with E-state index in [0.29, 0.717) is 15.9 Å². The average Bonchev–Trinajstić information content (AvgIpc) is 3.26. The van der Waals surface area contributed by atoms with Crippen LogP contribution in [0.4, 0.5) is 11.4 Å². The highest BCUT2D eigenvalue weighted by Crippen LogP contribution is 2.18. The van der Waals surface area contributed by atoms with Crippen LogP contribution < -0.4 is 10.6 Å². The van der Waals surface area contributed by atoms with Crippen LogP contribution in [0.25, 0.3) is 0 Å². The molecule has 1 fully saturated rings. The van der Waals surface area contributed by atoms with E-state index in [1.165, 1.54) is 5.56 Å². The molecule has 1 saturated heterocycles. The predicted molar refractivity (Wildman–Crippen MR) is 126 cm³/mol. The summed E-state index contributed by atoms with van der Waals surface area (Å²) in [6, 6.07) is 17.9. The molecule has 2 N–H and O–H groups in total. The first-order valence-electron chi connectivity index (χ1n) is 10.4. The Morgan fingerprint density at radius 1 is 0.906 bits per heavy atom. The van der Waals surface area contributed by atoms with Crippen molar-refractivity contribution in [3.05, 3.63) is 82.2 Å². The van der Waals surface area contributed by atoms with E-state index in [1.807, 2.05) is 24.3 Å². The molecule has 0 aliphatic carbocycles. The van der Waals surface area contributed by atoms with Gasteiger partial charge in [0.2, 0.25) is 0 Å². The molecule has 1 aliphatic rings. The quantitative estimate of drug-likeness (QED) is 0.504. The van der Waals surface area contributed by atoms with E-state index in [1.54, 1.807) is 36.4 Å². The third kappa shape index (κ3) is 6.06. The monoisotopic (exact) mass is 497 g/mol. The molecule has 2 heterocycles. The maximum Gasteiger partial charge on any atom is 0.291 e. The highest BCUT2D eigenvalue weighted by molar-refractivity contribution is 9.10. The van der Waals surface area contributed by atoms with Gasteiger partial charge in [-0.15, -0.1) is 0 Å². The van der Waals surface area contributed by atoms with Crippen molar-refractivity contribution in [1.82, 2.24) is 4.90 Å². The van der Waals surface area contributed by atoms with Crippen molar-refractivity contribution in [2.75, 3.05) is 43.5 Å². The summed E-state index contributed by atoms with van der Waals surface area (Å²) in [7, 11) is 0. The minimum absolute atomic E-state index is 0.181. The zero-order valence-corrected chi connectivity index (χ0v) is 19.1. The van der Waals surface area contributed by atoms with Gasteiger partial charge in [0.05, 0.1) is 13.2 Å². The van der Waals surface area contributed by atoms with Crippen molar-refractivity contribution in [2.45, 2.75) is 6.42 Å². The fourth-order valence-corrected chi connectivity index (χ4v) is 3.74. The van der Waals surface area contributed by atoms with Crippen LogP contribution in [0.2, 0.25) is 0 Å². The van der Waals surface area contributed by atoms with Crippen molar-refractivity contribution in [1.29, 1.82) is 0 Å². The summed E-state index contributed by atoms with van der Waals surface area (Å²) in [5.41, 5.74) is 2.90. The Morgan fingerprint density at radius 3 is 2.38 bits per heavy atom. The number of benzene rings is 2. The average molecular weight is 498 g/mol. The molecule has 7 nitrogen and oxygen atoms in total. The third-order valence-corrected chi connectivity index (χ3v) is 5.64. The second-order valence-corrected chi connectivity index (χ2v) is 8.28. The molecule has 2 amide bonds. The van der Waals surface area contributed by atoms with Crippen molar-refractivity contribution >= 4 is 39.1 Å². The first-order chi connectivity index (χ1) is 15.6. The predicted octanol–water partition coefficient (Wildman–Crippen LogP) is 4.42. The number of carbonyl (C=O) groups is 2. The molecule has 0 radical (unpaired) electrons. The molecule has 4 rings (SSSR count). The number of nitrogens with one attached hydrogen (secondary N) is 2. The minimum Gasteiger partial charge on any atom is -0.444 e. The number of hydrogen-bond acceptors (Lipinski definition) is 5. The van der Waals surface area contributed by atoms with Gasteiger partial charge in [0, 0.05) is 36.6 Å². The molecule has 1 aliphatic heterocycles. The molecule has 8 heteroatoms. The van der Waals surface area contributed by atoms with Crippen LogP contribution in [0.15, 0.2) is 69.8 Å². The fourth-order valence-electron chi connectivity index (χ4n) is 3.44. The minimum atomic E-state index is -0.388. The Bertz CT molecular complexity index is 1070. The van der Waals surface area contributed by atoms with Crippen LogP contribution in [0, 0.1) is 0 Å². The lowest BCUT2D eigenvalue weighted by Gasteiger charge is -2.26. The number of anilines is 2. The topological polar surface area (TPSA) is 83.8 Å². The largest absolute Gasteiger partial charge is 0.444 e. The number of carbonyl (C=O) groups excluding carboxylic acids is 2. The summed E-state index contributed by atoms with van der Waals surface area (Å²) < 4.78 is 11.1.